The Hall–Kier alpha value is 0.190. The summed E-state index contributed by atoms with van der Waals surface area (Å²) in [6.07, 6.45) is 0. The Morgan fingerprint density at radius 2 is 1.72 bits per heavy atom. The highest BCUT2D eigenvalue weighted by Gasteiger charge is 2.19. The number of halogens is 3. The molecule has 1 aromatic rings. The first-order chi connectivity index (χ1) is 7.74. The van der Waals surface area contributed by atoms with Crippen LogP contribution in [0.4, 0.5) is 5.69 Å². The van der Waals surface area contributed by atoms with Crippen molar-refractivity contribution in [3.63, 3.8) is 0 Å². The molecular weight excluding hydrogens is 383 g/mol. The van der Waals surface area contributed by atoms with E-state index in [0.717, 1.165) is 14.5 Å². The molecule has 0 amide bonds. The summed E-state index contributed by atoms with van der Waals surface area (Å²) in [5, 5.41) is 12.8. The van der Waals surface area contributed by atoms with Crippen LogP contribution in [0.15, 0.2) is 21.1 Å². The summed E-state index contributed by atoms with van der Waals surface area (Å²) in [5.74, 6) is 0. The molecule has 1 unspecified atom stereocenters. The van der Waals surface area contributed by atoms with E-state index >= 15 is 0 Å². The molecule has 0 aromatic heterocycles. The Morgan fingerprint density at radius 1 is 1.28 bits per heavy atom. The van der Waals surface area contributed by atoms with E-state index in [2.05, 4.69) is 57.9 Å². The van der Waals surface area contributed by atoms with Crippen molar-refractivity contribution >= 4 is 50.0 Å². The molecule has 18 heavy (non-hydrogen) atoms. The first kappa shape index (κ1) is 18.2. The minimum absolute atomic E-state index is 0. The molecule has 0 heterocycles. The van der Waals surface area contributed by atoms with Crippen molar-refractivity contribution in [1.82, 2.24) is 5.32 Å². The second-order valence-electron chi connectivity index (χ2n) is 5.03. The smallest absolute Gasteiger partial charge is 0.0626 e. The van der Waals surface area contributed by atoms with E-state index in [9.17, 15) is 5.11 Å². The van der Waals surface area contributed by atoms with Gasteiger partial charge >= 0.3 is 0 Å². The molecule has 0 saturated heterocycles. The first-order valence-electron chi connectivity index (χ1n) is 5.37. The van der Waals surface area contributed by atoms with Crippen molar-refractivity contribution in [2.75, 3.05) is 12.3 Å². The number of hydrogen-bond acceptors (Lipinski definition) is 3. The normalized spacial score (nSPS) is 13.0. The fourth-order valence-corrected chi connectivity index (χ4v) is 2.78. The fourth-order valence-electron chi connectivity index (χ4n) is 1.56. The Balaban J connectivity index is 0.00000289. The molecule has 1 rings (SSSR count). The van der Waals surface area contributed by atoms with E-state index < -0.39 is 0 Å². The van der Waals surface area contributed by atoms with Crippen LogP contribution in [0.2, 0.25) is 0 Å². The lowest BCUT2D eigenvalue weighted by Gasteiger charge is -2.28. The molecule has 1 atom stereocenters. The second kappa shape index (κ2) is 7.10. The minimum Gasteiger partial charge on any atom is -0.397 e. The van der Waals surface area contributed by atoms with Gasteiger partial charge in [-0.25, -0.2) is 0 Å². The van der Waals surface area contributed by atoms with Crippen molar-refractivity contribution in [1.29, 1.82) is 0 Å². The molecule has 0 fully saturated rings. The predicted octanol–water partition coefficient (Wildman–Crippen LogP) is 3.64. The lowest BCUT2D eigenvalue weighted by Crippen LogP contribution is -2.40. The number of nitrogen functional groups attached to an aromatic ring is 1. The topological polar surface area (TPSA) is 58.3 Å². The minimum atomic E-state index is -0.108. The van der Waals surface area contributed by atoms with Gasteiger partial charge in [0.25, 0.3) is 0 Å². The van der Waals surface area contributed by atoms with E-state index in [1.54, 1.807) is 0 Å². The third-order valence-electron chi connectivity index (χ3n) is 2.29. The molecule has 6 heteroatoms. The number of aliphatic hydroxyl groups excluding tert-OH is 1. The molecule has 0 aliphatic carbocycles. The van der Waals surface area contributed by atoms with Gasteiger partial charge in [-0.3, -0.25) is 0 Å². The summed E-state index contributed by atoms with van der Waals surface area (Å²) >= 11 is 6.82. The zero-order chi connectivity index (χ0) is 13.2. The van der Waals surface area contributed by atoms with Gasteiger partial charge in [0.2, 0.25) is 0 Å². The molecule has 0 aliphatic heterocycles. The monoisotopic (exact) mass is 400 g/mol. The Labute approximate surface area is 131 Å². The van der Waals surface area contributed by atoms with E-state index in [-0.39, 0.29) is 30.6 Å². The van der Waals surface area contributed by atoms with Crippen LogP contribution in [-0.2, 0) is 0 Å². The molecule has 0 bridgehead atoms. The Bertz CT molecular complexity index is 385. The molecule has 4 N–H and O–H groups in total. The predicted molar refractivity (Wildman–Crippen MR) is 86.2 cm³/mol. The highest BCUT2D eigenvalue weighted by molar-refractivity contribution is 9.11. The lowest BCUT2D eigenvalue weighted by molar-refractivity contribution is 0.217. The molecule has 1 aromatic carbocycles. The summed E-state index contributed by atoms with van der Waals surface area (Å²) in [7, 11) is 0. The maximum Gasteiger partial charge on any atom is 0.0626 e. The molecule has 0 aliphatic rings. The second-order valence-corrected chi connectivity index (χ2v) is 6.74. The average molecular weight is 403 g/mol. The van der Waals surface area contributed by atoms with Crippen LogP contribution in [0.3, 0.4) is 0 Å². The number of nitrogens with two attached hydrogens (primary N) is 1. The third kappa shape index (κ3) is 5.05. The number of anilines is 1. The first-order valence-corrected chi connectivity index (χ1v) is 6.96. The summed E-state index contributed by atoms with van der Waals surface area (Å²) in [5.41, 5.74) is 7.44. The Morgan fingerprint density at radius 3 is 2.06 bits per heavy atom. The van der Waals surface area contributed by atoms with Gasteiger partial charge in [-0.1, -0.05) is 0 Å². The van der Waals surface area contributed by atoms with Gasteiger partial charge < -0.3 is 16.2 Å². The molecule has 0 radical (unpaired) electrons. The lowest BCUT2D eigenvalue weighted by atomic mass is 10.0. The van der Waals surface area contributed by atoms with Crippen LogP contribution < -0.4 is 11.1 Å². The van der Waals surface area contributed by atoms with Crippen molar-refractivity contribution in [2.45, 2.75) is 32.4 Å². The van der Waals surface area contributed by atoms with Gasteiger partial charge in [0, 0.05) is 14.5 Å². The van der Waals surface area contributed by atoms with Gasteiger partial charge in [-0.05, 0) is 70.3 Å². The number of rotatable bonds is 3. The van der Waals surface area contributed by atoms with Gasteiger partial charge in [0.1, 0.15) is 0 Å². The van der Waals surface area contributed by atoms with Crippen molar-refractivity contribution in [2.24, 2.45) is 0 Å². The zero-order valence-electron chi connectivity index (χ0n) is 10.6. The van der Waals surface area contributed by atoms with Gasteiger partial charge in [0.15, 0.2) is 0 Å². The van der Waals surface area contributed by atoms with Crippen LogP contribution in [0.25, 0.3) is 0 Å². The van der Waals surface area contributed by atoms with Gasteiger partial charge in [-0.2, -0.15) is 0 Å². The summed E-state index contributed by atoms with van der Waals surface area (Å²) < 4.78 is 1.66. The quantitative estimate of drug-likeness (QED) is 0.677. The highest BCUT2D eigenvalue weighted by Crippen LogP contribution is 2.32. The maximum absolute atomic E-state index is 9.47. The molecule has 0 saturated carbocycles. The van der Waals surface area contributed by atoms with Crippen molar-refractivity contribution in [3.05, 3.63) is 26.6 Å². The van der Waals surface area contributed by atoms with Crippen LogP contribution in [0, 0.1) is 0 Å². The average Bonchev–Trinajstić information content (AvgIpc) is 2.20. The van der Waals surface area contributed by atoms with Gasteiger partial charge in [-0.15, -0.1) is 12.4 Å². The van der Waals surface area contributed by atoms with Crippen molar-refractivity contribution in [3.8, 4) is 0 Å². The summed E-state index contributed by atoms with van der Waals surface area (Å²) in [4.78, 5) is 0. The van der Waals surface area contributed by atoms with E-state index in [4.69, 9.17) is 5.73 Å². The summed E-state index contributed by atoms with van der Waals surface area (Å²) in [6, 6.07) is 3.75. The van der Waals surface area contributed by atoms with E-state index in [1.807, 2.05) is 12.1 Å². The standard InChI is InChI=1S/C12H18Br2N2O.ClH/c1-12(2,3)16-10(6-17)7-4-8(13)11(15)9(14)5-7;/h4-5,10,16-17H,6,15H2,1-3H3;1H. The number of aliphatic hydroxyl groups is 1. The van der Waals surface area contributed by atoms with Gasteiger partial charge in [0.05, 0.1) is 18.3 Å². The van der Waals surface area contributed by atoms with Crippen LogP contribution in [0.1, 0.15) is 32.4 Å². The number of benzene rings is 1. The molecule has 3 nitrogen and oxygen atoms in total. The van der Waals surface area contributed by atoms with Crippen LogP contribution >= 0.6 is 44.3 Å². The van der Waals surface area contributed by atoms with E-state index in [0.29, 0.717) is 5.69 Å². The zero-order valence-corrected chi connectivity index (χ0v) is 14.6. The van der Waals surface area contributed by atoms with Crippen LogP contribution in [-0.4, -0.2) is 17.3 Å². The van der Waals surface area contributed by atoms with E-state index in [1.165, 1.54) is 0 Å². The van der Waals surface area contributed by atoms with Crippen LogP contribution in [0.5, 0.6) is 0 Å². The van der Waals surface area contributed by atoms with Crippen molar-refractivity contribution < 1.29 is 5.11 Å². The Kier molecular flexibility index (Phi) is 7.18. The number of hydrogen-bond donors (Lipinski definition) is 3. The SMILES string of the molecule is CC(C)(C)NC(CO)c1cc(Br)c(N)c(Br)c1.Cl. The maximum atomic E-state index is 9.47. The highest BCUT2D eigenvalue weighted by atomic mass is 79.9. The molecule has 0 spiro atoms. The number of nitrogens with one attached hydrogen (secondary N) is 1. The third-order valence-corrected chi connectivity index (χ3v) is 3.61. The summed E-state index contributed by atoms with van der Waals surface area (Å²) in [6.45, 7) is 6.24. The fraction of sp³-hybridized carbons (Fsp3) is 0.500. The molecular formula is C12H19Br2ClN2O. The largest absolute Gasteiger partial charge is 0.397 e. The molecule has 104 valence electrons.